The number of carbonyl (C=O) groups is 1. The highest BCUT2D eigenvalue weighted by Crippen LogP contribution is 2.04. The summed E-state index contributed by atoms with van der Waals surface area (Å²) in [7, 11) is 0. The summed E-state index contributed by atoms with van der Waals surface area (Å²) in [5, 5.41) is 7.28. The smallest absolute Gasteiger partial charge is 0.273 e. The number of rotatable bonds is 3. The molecule has 0 bridgehead atoms. The van der Waals surface area contributed by atoms with Crippen LogP contribution in [0.25, 0.3) is 0 Å². The molecule has 60 valence electrons. The van der Waals surface area contributed by atoms with Crippen molar-refractivity contribution in [3.8, 4) is 0 Å². The quantitative estimate of drug-likeness (QED) is 0.619. The third-order valence-electron chi connectivity index (χ3n) is 1.04. The largest absolute Gasteiger partial charge is 0.416 e. The van der Waals surface area contributed by atoms with E-state index in [0.717, 1.165) is 0 Å². The average Bonchev–Trinajstić information content (AvgIpc) is 2.31. The van der Waals surface area contributed by atoms with Gasteiger partial charge in [-0.1, -0.05) is 12.6 Å². The minimum absolute atomic E-state index is 0.199. The fraction of sp³-hybridized carbons (Fsp3) is 0.400. The third kappa shape index (κ3) is 2.58. The molecule has 0 aliphatic rings. The number of hydrogen-bond donors (Lipinski definition) is 2. The maximum atomic E-state index is 10.3. The van der Waals surface area contributed by atoms with Gasteiger partial charge in [0.1, 0.15) is 0 Å². The lowest BCUT2D eigenvalue weighted by molar-refractivity contribution is -0.118. The Balaban J connectivity index is 2.45. The number of nitrogens with two attached hydrogens (primary N) is 1. The summed E-state index contributed by atoms with van der Waals surface area (Å²) in [4.78, 5) is 10.3. The van der Waals surface area contributed by atoms with Crippen LogP contribution >= 0.6 is 12.6 Å². The lowest BCUT2D eigenvalue weighted by Crippen LogP contribution is -2.11. The summed E-state index contributed by atoms with van der Waals surface area (Å²) in [6.07, 6.45) is 0.596. The summed E-state index contributed by atoms with van der Waals surface area (Å²) in [5.74, 6) is -0.00212. The Hall–Kier alpha value is -1.04. The molecule has 0 saturated heterocycles. The van der Waals surface area contributed by atoms with Crippen molar-refractivity contribution in [3.05, 3.63) is 5.89 Å². The Morgan fingerprint density at radius 2 is 2.36 bits per heavy atom. The molecule has 0 radical (unpaired) electrons. The van der Waals surface area contributed by atoms with Crippen molar-refractivity contribution >= 4 is 18.5 Å². The summed E-state index contributed by atoms with van der Waals surface area (Å²) in [6, 6.07) is 0. The van der Waals surface area contributed by atoms with Gasteiger partial charge in [0, 0.05) is 12.8 Å². The van der Waals surface area contributed by atoms with Gasteiger partial charge in [0.15, 0.2) is 0 Å². The van der Waals surface area contributed by atoms with E-state index in [1.54, 1.807) is 0 Å². The van der Waals surface area contributed by atoms with E-state index in [1.165, 1.54) is 0 Å². The normalized spacial score (nSPS) is 9.91. The zero-order valence-corrected chi connectivity index (χ0v) is 6.54. The van der Waals surface area contributed by atoms with Gasteiger partial charge >= 0.3 is 0 Å². The van der Waals surface area contributed by atoms with Crippen molar-refractivity contribution in [2.24, 2.45) is 5.73 Å². The van der Waals surface area contributed by atoms with Crippen LogP contribution in [0.1, 0.15) is 12.3 Å². The first kappa shape index (κ1) is 8.06. The third-order valence-corrected chi connectivity index (χ3v) is 1.22. The Kier molecular flexibility index (Phi) is 2.48. The molecule has 1 aromatic rings. The molecule has 1 amide bonds. The van der Waals surface area contributed by atoms with Crippen molar-refractivity contribution in [1.82, 2.24) is 10.2 Å². The van der Waals surface area contributed by atoms with Crippen LogP contribution in [0.3, 0.4) is 0 Å². The minimum Gasteiger partial charge on any atom is -0.416 e. The highest BCUT2D eigenvalue weighted by atomic mass is 32.1. The van der Waals surface area contributed by atoms with E-state index in [0.29, 0.717) is 12.3 Å². The van der Waals surface area contributed by atoms with Gasteiger partial charge in [-0.15, -0.1) is 10.2 Å². The zero-order valence-electron chi connectivity index (χ0n) is 5.65. The molecule has 0 unspecified atom stereocenters. The van der Waals surface area contributed by atoms with Crippen molar-refractivity contribution < 1.29 is 9.21 Å². The van der Waals surface area contributed by atoms with Crippen molar-refractivity contribution in [2.75, 3.05) is 0 Å². The Bertz CT molecular complexity index is 260. The highest BCUT2D eigenvalue weighted by Gasteiger charge is 2.03. The average molecular weight is 173 g/mol. The molecule has 1 aromatic heterocycles. The molecule has 0 atom stereocenters. The fourth-order valence-electron chi connectivity index (χ4n) is 0.576. The van der Waals surface area contributed by atoms with E-state index in [1.807, 2.05) is 0 Å². The fourth-order valence-corrected chi connectivity index (χ4v) is 0.726. The number of thiol groups is 1. The summed E-state index contributed by atoms with van der Waals surface area (Å²) < 4.78 is 4.87. The molecule has 0 aliphatic carbocycles. The summed E-state index contributed by atoms with van der Waals surface area (Å²) in [6.45, 7) is 0. The standard InChI is InChI=1S/C5H7N3O2S/c6-3(9)1-2-4-7-8-5(11)10-4/h1-2H2,(H2,6,9)(H,8,11). The van der Waals surface area contributed by atoms with Gasteiger partial charge in [-0.05, 0) is 0 Å². The monoisotopic (exact) mass is 173 g/mol. The molecule has 0 aliphatic heterocycles. The molecule has 11 heavy (non-hydrogen) atoms. The van der Waals surface area contributed by atoms with Crippen LogP contribution in [0.4, 0.5) is 0 Å². The van der Waals surface area contributed by atoms with Crippen LogP contribution in [-0.4, -0.2) is 16.1 Å². The molecule has 0 aromatic carbocycles. The Labute approximate surface area is 68.4 Å². The van der Waals surface area contributed by atoms with E-state index in [9.17, 15) is 4.79 Å². The first-order valence-corrected chi connectivity index (χ1v) is 3.43. The molecule has 0 spiro atoms. The topological polar surface area (TPSA) is 82.0 Å². The number of primary amides is 1. The maximum Gasteiger partial charge on any atom is 0.273 e. The molecule has 1 rings (SSSR count). The number of hydrogen-bond acceptors (Lipinski definition) is 5. The highest BCUT2D eigenvalue weighted by molar-refractivity contribution is 7.80. The number of carbonyl (C=O) groups excluding carboxylic acids is 1. The van der Waals surface area contributed by atoms with Crippen LogP contribution in [-0.2, 0) is 11.2 Å². The second-order valence-electron chi connectivity index (χ2n) is 1.94. The van der Waals surface area contributed by atoms with Crippen LogP contribution in [0.2, 0.25) is 0 Å². The molecular weight excluding hydrogens is 166 g/mol. The van der Waals surface area contributed by atoms with Gasteiger partial charge in [-0.3, -0.25) is 4.79 Å². The zero-order chi connectivity index (χ0) is 8.27. The van der Waals surface area contributed by atoms with Gasteiger partial charge in [-0.25, -0.2) is 0 Å². The summed E-state index contributed by atoms with van der Waals surface area (Å²) >= 11 is 3.79. The van der Waals surface area contributed by atoms with E-state index in [4.69, 9.17) is 10.2 Å². The number of aromatic nitrogens is 2. The number of nitrogens with zero attached hydrogens (tertiary/aromatic N) is 2. The first-order valence-electron chi connectivity index (χ1n) is 2.98. The first-order chi connectivity index (χ1) is 5.18. The predicted octanol–water partition coefficient (Wildman–Crippen LogP) is -0.224. The lowest BCUT2D eigenvalue weighted by atomic mass is 10.3. The van der Waals surface area contributed by atoms with Crippen LogP contribution < -0.4 is 5.73 Å². The Morgan fingerprint density at radius 3 is 2.82 bits per heavy atom. The molecule has 0 fully saturated rings. The SMILES string of the molecule is NC(=O)CCc1nnc(S)o1. The second-order valence-corrected chi connectivity index (χ2v) is 2.33. The molecule has 0 saturated carbocycles. The summed E-state index contributed by atoms with van der Waals surface area (Å²) in [5.41, 5.74) is 4.90. The predicted molar refractivity (Wildman–Crippen MR) is 39.1 cm³/mol. The number of aryl methyl sites for hydroxylation is 1. The van der Waals surface area contributed by atoms with E-state index in [-0.39, 0.29) is 17.6 Å². The van der Waals surface area contributed by atoms with E-state index < -0.39 is 0 Å². The lowest BCUT2D eigenvalue weighted by Gasteiger charge is -1.88. The molecular formula is C5H7N3O2S. The van der Waals surface area contributed by atoms with Crippen molar-refractivity contribution in [1.29, 1.82) is 0 Å². The van der Waals surface area contributed by atoms with Gasteiger partial charge < -0.3 is 10.2 Å². The van der Waals surface area contributed by atoms with Gasteiger partial charge in [0.05, 0.1) is 0 Å². The molecule has 2 N–H and O–H groups in total. The van der Waals surface area contributed by atoms with Gasteiger partial charge in [0.25, 0.3) is 5.22 Å². The van der Waals surface area contributed by atoms with E-state index in [2.05, 4.69) is 22.8 Å². The molecule has 5 nitrogen and oxygen atoms in total. The van der Waals surface area contributed by atoms with Gasteiger partial charge in [-0.2, -0.15) is 0 Å². The van der Waals surface area contributed by atoms with Crippen molar-refractivity contribution in [2.45, 2.75) is 18.1 Å². The second kappa shape index (κ2) is 3.38. The van der Waals surface area contributed by atoms with Gasteiger partial charge in [0.2, 0.25) is 11.8 Å². The maximum absolute atomic E-state index is 10.3. The van der Waals surface area contributed by atoms with Crippen molar-refractivity contribution in [3.63, 3.8) is 0 Å². The van der Waals surface area contributed by atoms with E-state index >= 15 is 0 Å². The Morgan fingerprint density at radius 1 is 1.64 bits per heavy atom. The molecule has 6 heteroatoms. The number of amides is 1. The molecule has 1 heterocycles. The van der Waals surface area contributed by atoms with Crippen LogP contribution in [0.5, 0.6) is 0 Å². The van der Waals surface area contributed by atoms with Crippen LogP contribution in [0.15, 0.2) is 9.64 Å². The minimum atomic E-state index is -0.385. The van der Waals surface area contributed by atoms with Crippen LogP contribution in [0, 0.1) is 0 Å².